The predicted octanol–water partition coefficient (Wildman–Crippen LogP) is 2.43. The summed E-state index contributed by atoms with van der Waals surface area (Å²) >= 11 is 0. The summed E-state index contributed by atoms with van der Waals surface area (Å²) in [4.78, 5) is 22.4. The standard InChI is InChI=1S/C15H29NO4/c1-3-12-19-14(17)8-6-5-7-10-16-11-9-15(18)20-13-4-2/h16H,3-13H2,1-2H3. The van der Waals surface area contributed by atoms with Gasteiger partial charge in [-0.15, -0.1) is 0 Å². The molecule has 0 unspecified atom stereocenters. The minimum atomic E-state index is -0.141. The predicted molar refractivity (Wildman–Crippen MR) is 78.5 cm³/mol. The number of carbonyl (C=O) groups excluding carboxylic acids is 2. The molecule has 0 spiro atoms. The van der Waals surface area contributed by atoms with Gasteiger partial charge in [0.05, 0.1) is 19.6 Å². The highest BCUT2D eigenvalue weighted by molar-refractivity contribution is 5.69. The van der Waals surface area contributed by atoms with E-state index in [2.05, 4.69) is 5.32 Å². The van der Waals surface area contributed by atoms with Crippen LogP contribution in [0, 0.1) is 0 Å². The van der Waals surface area contributed by atoms with E-state index in [9.17, 15) is 9.59 Å². The molecule has 5 nitrogen and oxygen atoms in total. The molecule has 0 aromatic carbocycles. The van der Waals surface area contributed by atoms with Crippen LogP contribution in [0.2, 0.25) is 0 Å². The molecule has 0 amide bonds. The van der Waals surface area contributed by atoms with E-state index in [1.165, 1.54) is 0 Å². The maximum atomic E-state index is 11.2. The second-order valence-corrected chi connectivity index (χ2v) is 4.75. The van der Waals surface area contributed by atoms with E-state index in [0.717, 1.165) is 38.6 Å². The Morgan fingerprint density at radius 2 is 1.40 bits per heavy atom. The average molecular weight is 287 g/mol. The van der Waals surface area contributed by atoms with Crippen LogP contribution in [0.4, 0.5) is 0 Å². The fourth-order valence-electron chi connectivity index (χ4n) is 1.59. The lowest BCUT2D eigenvalue weighted by Gasteiger charge is -2.05. The van der Waals surface area contributed by atoms with Crippen molar-refractivity contribution in [2.24, 2.45) is 0 Å². The highest BCUT2D eigenvalue weighted by Crippen LogP contribution is 2.01. The van der Waals surface area contributed by atoms with Gasteiger partial charge in [-0.05, 0) is 32.2 Å². The lowest BCUT2D eigenvalue weighted by molar-refractivity contribution is -0.144. The molecule has 0 fully saturated rings. The number of carbonyl (C=O) groups is 2. The molecule has 0 aliphatic carbocycles. The fourth-order valence-corrected chi connectivity index (χ4v) is 1.59. The molecule has 0 aliphatic rings. The molecular weight excluding hydrogens is 258 g/mol. The number of rotatable bonds is 13. The summed E-state index contributed by atoms with van der Waals surface area (Å²) in [6.45, 7) is 6.51. The van der Waals surface area contributed by atoms with Crippen LogP contribution in [0.5, 0.6) is 0 Å². The lowest BCUT2D eigenvalue weighted by atomic mass is 10.2. The minimum absolute atomic E-state index is 0.0986. The van der Waals surface area contributed by atoms with Gasteiger partial charge in [0.2, 0.25) is 0 Å². The summed E-state index contributed by atoms with van der Waals surface area (Å²) in [5.74, 6) is -0.239. The van der Waals surface area contributed by atoms with E-state index in [-0.39, 0.29) is 11.9 Å². The van der Waals surface area contributed by atoms with Crippen LogP contribution in [-0.4, -0.2) is 38.2 Å². The normalized spacial score (nSPS) is 10.3. The molecule has 0 aromatic rings. The Morgan fingerprint density at radius 3 is 2.00 bits per heavy atom. The van der Waals surface area contributed by atoms with Gasteiger partial charge >= 0.3 is 11.9 Å². The summed E-state index contributed by atoms with van der Waals surface area (Å²) in [6.07, 6.45) is 5.52. The molecule has 0 aromatic heterocycles. The average Bonchev–Trinajstić information content (AvgIpc) is 2.45. The maximum Gasteiger partial charge on any atom is 0.307 e. The highest BCUT2D eigenvalue weighted by atomic mass is 16.5. The first-order valence-electron chi connectivity index (χ1n) is 7.72. The largest absolute Gasteiger partial charge is 0.466 e. The molecule has 0 saturated heterocycles. The van der Waals surface area contributed by atoms with Gasteiger partial charge in [-0.1, -0.05) is 20.3 Å². The van der Waals surface area contributed by atoms with E-state index in [4.69, 9.17) is 9.47 Å². The zero-order valence-electron chi connectivity index (χ0n) is 12.9. The molecule has 0 saturated carbocycles. The van der Waals surface area contributed by atoms with Gasteiger partial charge in [-0.25, -0.2) is 0 Å². The fraction of sp³-hybridized carbons (Fsp3) is 0.867. The lowest BCUT2D eigenvalue weighted by Crippen LogP contribution is -2.20. The smallest absolute Gasteiger partial charge is 0.307 e. The first-order chi connectivity index (χ1) is 9.70. The molecule has 1 N–H and O–H groups in total. The monoisotopic (exact) mass is 287 g/mol. The third kappa shape index (κ3) is 13.3. The molecule has 0 aliphatic heterocycles. The number of esters is 2. The number of hydrogen-bond donors (Lipinski definition) is 1. The Bertz CT molecular complexity index is 230. The molecular formula is C15H29NO4. The Kier molecular flexibility index (Phi) is 13.5. The molecule has 118 valence electrons. The van der Waals surface area contributed by atoms with Crippen LogP contribution in [0.25, 0.3) is 0 Å². The van der Waals surface area contributed by atoms with Crippen molar-refractivity contribution in [1.29, 1.82) is 0 Å². The van der Waals surface area contributed by atoms with Crippen molar-refractivity contribution < 1.29 is 19.1 Å². The van der Waals surface area contributed by atoms with Gasteiger partial charge in [0.15, 0.2) is 0 Å². The second kappa shape index (κ2) is 14.3. The number of unbranched alkanes of at least 4 members (excludes halogenated alkanes) is 2. The van der Waals surface area contributed by atoms with Crippen molar-refractivity contribution in [3.63, 3.8) is 0 Å². The Hall–Kier alpha value is -1.10. The van der Waals surface area contributed by atoms with Crippen molar-refractivity contribution in [2.45, 2.75) is 58.8 Å². The molecule has 20 heavy (non-hydrogen) atoms. The van der Waals surface area contributed by atoms with Crippen LogP contribution < -0.4 is 5.32 Å². The van der Waals surface area contributed by atoms with E-state index in [0.29, 0.717) is 32.6 Å². The zero-order chi connectivity index (χ0) is 15.1. The van der Waals surface area contributed by atoms with Crippen LogP contribution in [0.3, 0.4) is 0 Å². The summed E-state index contributed by atoms with van der Waals surface area (Å²) in [5.41, 5.74) is 0. The van der Waals surface area contributed by atoms with Crippen molar-refractivity contribution >= 4 is 11.9 Å². The summed E-state index contributed by atoms with van der Waals surface area (Å²) < 4.78 is 9.95. The minimum Gasteiger partial charge on any atom is -0.466 e. The molecule has 0 radical (unpaired) electrons. The third-order valence-electron chi connectivity index (χ3n) is 2.67. The van der Waals surface area contributed by atoms with E-state index in [1.54, 1.807) is 0 Å². The Morgan fingerprint density at radius 1 is 0.800 bits per heavy atom. The van der Waals surface area contributed by atoms with Gasteiger partial charge in [0.25, 0.3) is 0 Å². The van der Waals surface area contributed by atoms with Gasteiger partial charge in [-0.3, -0.25) is 9.59 Å². The number of nitrogens with one attached hydrogen (secondary N) is 1. The van der Waals surface area contributed by atoms with Crippen LogP contribution >= 0.6 is 0 Å². The van der Waals surface area contributed by atoms with Gasteiger partial charge in [0.1, 0.15) is 0 Å². The van der Waals surface area contributed by atoms with E-state index < -0.39 is 0 Å². The van der Waals surface area contributed by atoms with Crippen LogP contribution in [-0.2, 0) is 19.1 Å². The van der Waals surface area contributed by atoms with Gasteiger partial charge in [-0.2, -0.15) is 0 Å². The van der Waals surface area contributed by atoms with Gasteiger partial charge < -0.3 is 14.8 Å². The van der Waals surface area contributed by atoms with Crippen LogP contribution in [0.15, 0.2) is 0 Å². The number of ether oxygens (including phenoxy) is 2. The van der Waals surface area contributed by atoms with Crippen molar-refractivity contribution in [3.8, 4) is 0 Å². The summed E-state index contributed by atoms with van der Waals surface area (Å²) in [6, 6.07) is 0. The summed E-state index contributed by atoms with van der Waals surface area (Å²) in [5, 5.41) is 3.20. The Labute approximate surface area is 122 Å². The van der Waals surface area contributed by atoms with Crippen molar-refractivity contribution in [2.75, 3.05) is 26.3 Å². The Balaban J connectivity index is 3.20. The van der Waals surface area contributed by atoms with E-state index in [1.807, 2.05) is 13.8 Å². The first-order valence-corrected chi connectivity index (χ1v) is 7.72. The van der Waals surface area contributed by atoms with E-state index >= 15 is 0 Å². The molecule has 5 heteroatoms. The topological polar surface area (TPSA) is 64.6 Å². The highest BCUT2D eigenvalue weighted by Gasteiger charge is 2.02. The number of hydrogen-bond acceptors (Lipinski definition) is 5. The summed E-state index contributed by atoms with van der Waals surface area (Å²) in [7, 11) is 0. The molecule has 0 atom stereocenters. The first kappa shape index (κ1) is 18.9. The molecule has 0 bridgehead atoms. The third-order valence-corrected chi connectivity index (χ3v) is 2.67. The molecule has 0 heterocycles. The maximum absolute atomic E-state index is 11.2. The molecule has 0 rings (SSSR count). The van der Waals surface area contributed by atoms with Gasteiger partial charge in [0, 0.05) is 13.0 Å². The SMILES string of the molecule is CCCOC(=O)CCCCCNCCC(=O)OCCC. The van der Waals surface area contributed by atoms with Crippen molar-refractivity contribution in [1.82, 2.24) is 5.32 Å². The van der Waals surface area contributed by atoms with Crippen LogP contribution in [0.1, 0.15) is 58.8 Å². The second-order valence-electron chi connectivity index (χ2n) is 4.75. The quantitative estimate of drug-likeness (QED) is 0.416. The zero-order valence-corrected chi connectivity index (χ0v) is 12.9. The van der Waals surface area contributed by atoms with Crippen molar-refractivity contribution in [3.05, 3.63) is 0 Å².